The molecule has 0 saturated heterocycles. The van der Waals surface area contributed by atoms with Gasteiger partial charge in [0.05, 0.1) is 18.8 Å². The Morgan fingerprint density at radius 3 is 2.44 bits per heavy atom. The Hall–Kier alpha value is -4.96. The van der Waals surface area contributed by atoms with Crippen molar-refractivity contribution in [3.8, 4) is 22.6 Å². The summed E-state index contributed by atoms with van der Waals surface area (Å²) in [6, 6.07) is 17.3. The predicted octanol–water partition coefficient (Wildman–Crippen LogP) is 6.55. The lowest BCUT2D eigenvalue weighted by molar-refractivity contribution is 0.0220. The van der Waals surface area contributed by atoms with Crippen molar-refractivity contribution in [2.24, 2.45) is 7.05 Å². The zero-order chi connectivity index (χ0) is 32.0. The summed E-state index contributed by atoms with van der Waals surface area (Å²) < 4.78 is 13.4. The average Bonchev–Trinajstić information content (AvgIpc) is 3.57. The monoisotopic (exact) mass is 607 g/mol. The minimum absolute atomic E-state index is 0.0615. The predicted molar refractivity (Wildman–Crippen MR) is 172 cm³/mol. The number of aliphatic hydroxyl groups is 1. The molecule has 10 heteroatoms. The second-order valence-electron chi connectivity index (χ2n) is 12.4. The molecule has 0 radical (unpaired) electrons. The van der Waals surface area contributed by atoms with E-state index in [-0.39, 0.29) is 31.0 Å². The number of anilines is 1. The SMILES string of the molecule is Cc1c(NC(=O)c2nc3c(n2C)CCN(C(=O)OC(C)(C)C)C3)cccc1-c1cccc(-c2nc3cc(CO)ccc3o2)c1C. The number of aromatic nitrogens is 3. The van der Waals surface area contributed by atoms with Gasteiger partial charge in [-0.3, -0.25) is 4.79 Å². The molecule has 2 amide bonds. The first-order valence-electron chi connectivity index (χ1n) is 15.0. The zero-order valence-corrected chi connectivity index (χ0v) is 26.4. The largest absolute Gasteiger partial charge is 0.444 e. The normalized spacial score (nSPS) is 13.2. The molecule has 5 aromatic rings. The van der Waals surface area contributed by atoms with Gasteiger partial charge in [-0.15, -0.1) is 0 Å². The van der Waals surface area contributed by atoms with Crippen LogP contribution in [0.1, 0.15) is 59.5 Å². The summed E-state index contributed by atoms with van der Waals surface area (Å²) in [5.74, 6) is 0.468. The molecule has 2 N–H and O–H groups in total. The number of oxazole rings is 1. The first-order chi connectivity index (χ1) is 21.4. The molecule has 232 valence electrons. The summed E-state index contributed by atoms with van der Waals surface area (Å²) in [4.78, 5) is 37.2. The van der Waals surface area contributed by atoms with Gasteiger partial charge in [-0.1, -0.05) is 30.3 Å². The summed E-state index contributed by atoms with van der Waals surface area (Å²) in [6.45, 7) is 10.3. The smallest absolute Gasteiger partial charge is 0.410 e. The van der Waals surface area contributed by atoms with E-state index in [1.54, 1.807) is 4.90 Å². The fourth-order valence-corrected chi connectivity index (χ4v) is 5.80. The number of nitrogens with zero attached hydrogens (tertiary/aromatic N) is 4. The van der Waals surface area contributed by atoms with Crippen LogP contribution < -0.4 is 5.32 Å². The van der Waals surface area contributed by atoms with Crippen LogP contribution in [-0.4, -0.2) is 48.7 Å². The topological polar surface area (TPSA) is 123 Å². The van der Waals surface area contributed by atoms with Crippen LogP contribution in [0.3, 0.4) is 0 Å². The van der Waals surface area contributed by atoms with E-state index >= 15 is 0 Å². The third-order valence-electron chi connectivity index (χ3n) is 8.18. The van der Waals surface area contributed by atoms with Crippen molar-refractivity contribution in [2.45, 2.75) is 59.8 Å². The molecule has 3 heterocycles. The van der Waals surface area contributed by atoms with E-state index in [2.05, 4.69) is 10.3 Å². The van der Waals surface area contributed by atoms with Crippen molar-refractivity contribution in [3.63, 3.8) is 0 Å². The van der Waals surface area contributed by atoms with Gasteiger partial charge in [-0.2, -0.15) is 0 Å². The Morgan fingerprint density at radius 2 is 1.71 bits per heavy atom. The Morgan fingerprint density at radius 1 is 1.00 bits per heavy atom. The third-order valence-corrected chi connectivity index (χ3v) is 8.18. The summed E-state index contributed by atoms with van der Waals surface area (Å²) >= 11 is 0. The molecule has 0 bridgehead atoms. The number of rotatable bonds is 5. The Kier molecular flexibility index (Phi) is 7.70. The molecule has 1 aliphatic rings. The van der Waals surface area contributed by atoms with Crippen LogP contribution in [0.25, 0.3) is 33.7 Å². The van der Waals surface area contributed by atoms with Gasteiger partial charge in [0.15, 0.2) is 11.4 Å². The molecular formula is C35H37N5O5. The van der Waals surface area contributed by atoms with Gasteiger partial charge < -0.3 is 29.0 Å². The Bertz CT molecular complexity index is 1950. The molecule has 0 aliphatic carbocycles. The molecule has 3 aromatic carbocycles. The van der Waals surface area contributed by atoms with E-state index < -0.39 is 5.60 Å². The van der Waals surface area contributed by atoms with Crippen molar-refractivity contribution < 1.29 is 23.8 Å². The van der Waals surface area contributed by atoms with E-state index in [1.165, 1.54) is 0 Å². The number of benzene rings is 3. The number of ether oxygens (including phenoxy) is 1. The van der Waals surface area contributed by atoms with Crippen molar-refractivity contribution >= 4 is 28.8 Å². The highest BCUT2D eigenvalue weighted by Gasteiger charge is 2.30. The van der Waals surface area contributed by atoms with E-state index in [0.29, 0.717) is 41.3 Å². The minimum Gasteiger partial charge on any atom is -0.444 e. The van der Waals surface area contributed by atoms with Gasteiger partial charge >= 0.3 is 6.09 Å². The second-order valence-corrected chi connectivity index (χ2v) is 12.4. The van der Waals surface area contributed by atoms with Gasteiger partial charge in [0, 0.05) is 37.0 Å². The van der Waals surface area contributed by atoms with Crippen LogP contribution in [0.15, 0.2) is 59.0 Å². The highest BCUT2D eigenvalue weighted by molar-refractivity contribution is 6.03. The first-order valence-corrected chi connectivity index (χ1v) is 15.0. The maximum Gasteiger partial charge on any atom is 0.410 e. The summed E-state index contributed by atoms with van der Waals surface area (Å²) in [6.07, 6.45) is 0.196. The molecule has 0 atom stereocenters. The fraction of sp³-hybridized carbons (Fsp3) is 0.314. The lowest BCUT2D eigenvalue weighted by atomic mass is 9.93. The molecule has 2 aromatic heterocycles. The van der Waals surface area contributed by atoms with Gasteiger partial charge in [0.25, 0.3) is 5.91 Å². The number of imidazole rings is 1. The number of hydrogen-bond acceptors (Lipinski definition) is 7. The van der Waals surface area contributed by atoms with Crippen molar-refractivity contribution in [2.75, 3.05) is 11.9 Å². The Labute approximate surface area is 261 Å². The van der Waals surface area contributed by atoms with Crippen LogP contribution in [0.2, 0.25) is 0 Å². The second kappa shape index (κ2) is 11.5. The number of carbonyl (C=O) groups excluding carboxylic acids is 2. The van der Waals surface area contributed by atoms with Gasteiger partial charge in [-0.25, -0.2) is 14.8 Å². The molecule has 6 rings (SSSR count). The van der Waals surface area contributed by atoms with Gasteiger partial charge in [0.2, 0.25) is 5.89 Å². The van der Waals surface area contributed by atoms with Crippen LogP contribution >= 0.6 is 0 Å². The standard InChI is InChI=1S/C35H37N5O5/c1-20-23(9-7-11-25(20)33-38-27-17-22(19-41)13-14-30(27)44-33)24-10-8-12-26(21(24)2)37-32(42)31-36-28-18-40(16-15-29(28)39(31)6)34(43)45-35(3,4)5/h7-14,17,41H,15-16,18-19H2,1-6H3,(H,37,42). The maximum absolute atomic E-state index is 13.6. The number of carbonyl (C=O) groups is 2. The zero-order valence-electron chi connectivity index (χ0n) is 26.4. The molecule has 0 spiro atoms. The number of fused-ring (bicyclic) bond motifs is 2. The Balaban J connectivity index is 1.25. The molecule has 10 nitrogen and oxygen atoms in total. The van der Waals surface area contributed by atoms with E-state index in [1.807, 2.05) is 101 Å². The lowest BCUT2D eigenvalue weighted by Crippen LogP contribution is -2.40. The number of amides is 2. The third kappa shape index (κ3) is 5.81. The van der Waals surface area contributed by atoms with Crippen LogP contribution in [-0.2, 0) is 31.4 Å². The summed E-state index contributed by atoms with van der Waals surface area (Å²) in [5, 5.41) is 12.6. The molecule has 1 aliphatic heterocycles. The highest BCUT2D eigenvalue weighted by Crippen LogP contribution is 2.36. The molecule has 0 fully saturated rings. The minimum atomic E-state index is -0.589. The van der Waals surface area contributed by atoms with E-state index in [9.17, 15) is 14.7 Å². The first kappa shape index (κ1) is 30.1. The quantitative estimate of drug-likeness (QED) is 0.232. The van der Waals surface area contributed by atoms with Crippen molar-refractivity contribution in [3.05, 3.63) is 88.5 Å². The van der Waals surface area contributed by atoms with Crippen LogP contribution in [0.5, 0.6) is 0 Å². The fourth-order valence-electron chi connectivity index (χ4n) is 5.80. The van der Waals surface area contributed by atoms with Crippen LogP contribution in [0.4, 0.5) is 10.5 Å². The summed E-state index contributed by atoms with van der Waals surface area (Å²) in [7, 11) is 1.83. The molecule has 0 saturated carbocycles. The number of aliphatic hydroxyl groups excluding tert-OH is 1. The molecule has 0 unspecified atom stereocenters. The average molecular weight is 608 g/mol. The van der Waals surface area contributed by atoms with Crippen molar-refractivity contribution in [1.29, 1.82) is 0 Å². The number of nitrogens with one attached hydrogen (secondary N) is 1. The van der Waals surface area contributed by atoms with Gasteiger partial charge in [0.1, 0.15) is 11.1 Å². The van der Waals surface area contributed by atoms with Crippen LogP contribution in [0, 0.1) is 13.8 Å². The van der Waals surface area contributed by atoms with Crippen molar-refractivity contribution in [1.82, 2.24) is 19.4 Å². The van der Waals surface area contributed by atoms with E-state index in [0.717, 1.165) is 39.1 Å². The lowest BCUT2D eigenvalue weighted by Gasteiger charge is -2.29. The van der Waals surface area contributed by atoms with E-state index in [4.69, 9.17) is 14.1 Å². The summed E-state index contributed by atoms with van der Waals surface area (Å²) in [5.41, 5.74) is 8.57. The maximum atomic E-state index is 13.6. The number of hydrogen-bond donors (Lipinski definition) is 2. The molecule has 45 heavy (non-hydrogen) atoms. The van der Waals surface area contributed by atoms with Gasteiger partial charge in [-0.05, 0) is 86.7 Å². The molecular weight excluding hydrogens is 570 g/mol. The highest BCUT2D eigenvalue weighted by atomic mass is 16.6.